The van der Waals surface area contributed by atoms with Gasteiger partial charge >= 0.3 is 0 Å². The lowest BCUT2D eigenvalue weighted by molar-refractivity contribution is -0.0183. The molecule has 0 amide bonds. The van der Waals surface area contributed by atoms with E-state index >= 15 is 0 Å². The zero-order valence-corrected chi connectivity index (χ0v) is 9.52. The molecule has 0 saturated carbocycles. The molecule has 6 nitrogen and oxygen atoms in total. The summed E-state index contributed by atoms with van der Waals surface area (Å²) in [5, 5.41) is 9.84. The lowest BCUT2D eigenvalue weighted by Crippen LogP contribution is -2.19. The van der Waals surface area contributed by atoms with E-state index in [9.17, 15) is 5.11 Å². The quantitative estimate of drug-likeness (QED) is 0.835. The van der Waals surface area contributed by atoms with Gasteiger partial charge in [0.25, 0.3) is 0 Å². The normalized spacial score (nSPS) is 28.9. The molecule has 0 spiro atoms. The van der Waals surface area contributed by atoms with Crippen molar-refractivity contribution in [2.45, 2.75) is 38.2 Å². The first-order valence-electron chi connectivity index (χ1n) is 5.75. The molecule has 1 saturated heterocycles. The maximum Gasteiger partial charge on any atom is 0.165 e. The van der Waals surface area contributed by atoms with Crippen LogP contribution in [0.1, 0.15) is 26.0 Å². The zero-order chi connectivity index (χ0) is 11.8. The molecule has 17 heavy (non-hydrogen) atoms. The van der Waals surface area contributed by atoms with Crippen LogP contribution < -0.4 is 0 Å². The standard InChI is InChI=1S/C11H14N4O2/c1-2-9-8(16)3-10(17-9)15-6-14-7-4-12-5-13-11(7)15/h4-6,8-10,16H,2-3H2,1H3/t8-,9+,10+/m0/s1. The number of ether oxygens (including phenoxy) is 1. The second kappa shape index (κ2) is 4.05. The molecule has 3 atom stereocenters. The highest BCUT2D eigenvalue weighted by Gasteiger charge is 2.34. The summed E-state index contributed by atoms with van der Waals surface area (Å²) >= 11 is 0. The second-order valence-electron chi connectivity index (χ2n) is 4.22. The molecule has 2 aromatic heterocycles. The number of hydrogen-bond donors (Lipinski definition) is 1. The molecular formula is C11H14N4O2. The molecule has 1 fully saturated rings. The lowest BCUT2D eigenvalue weighted by Gasteiger charge is -2.13. The SMILES string of the molecule is CC[C@H]1O[C@@H](n2cnc3cncnc32)C[C@@H]1O. The van der Waals surface area contributed by atoms with Gasteiger partial charge in [-0.25, -0.2) is 15.0 Å². The van der Waals surface area contributed by atoms with E-state index in [1.807, 2.05) is 11.5 Å². The van der Waals surface area contributed by atoms with Crippen LogP contribution in [0.4, 0.5) is 0 Å². The second-order valence-corrected chi connectivity index (χ2v) is 4.22. The smallest absolute Gasteiger partial charge is 0.165 e. The van der Waals surface area contributed by atoms with E-state index in [1.165, 1.54) is 6.33 Å². The minimum atomic E-state index is -0.413. The predicted octanol–water partition coefficient (Wildman–Crippen LogP) is 0.885. The van der Waals surface area contributed by atoms with E-state index in [1.54, 1.807) is 12.5 Å². The van der Waals surface area contributed by atoms with E-state index in [4.69, 9.17) is 4.74 Å². The summed E-state index contributed by atoms with van der Waals surface area (Å²) < 4.78 is 7.64. The van der Waals surface area contributed by atoms with Crippen molar-refractivity contribution in [1.29, 1.82) is 0 Å². The average molecular weight is 234 g/mol. The number of aromatic nitrogens is 4. The average Bonchev–Trinajstić information content (AvgIpc) is 2.92. The number of rotatable bonds is 2. The Kier molecular flexibility index (Phi) is 2.53. The monoisotopic (exact) mass is 234 g/mol. The fraction of sp³-hybridized carbons (Fsp3) is 0.545. The first kappa shape index (κ1) is 10.6. The van der Waals surface area contributed by atoms with E-state index in [0.717, 1.165) is 17.6 Å². The number of nitrogens with zero attached hydrogens (tertiary/aromatic N) is 4. The molecule has 0 aromatic carbocycles. The molecule has 2 aromatic rings. The Balaban J connectivity index is 1.95. The van der Waals surface area contributed by atoms with Crippen molar-refractivity contribution in [2.24, 2.45) is 0 Å². The van der Waals surface area contributed by atoms with E-state index < -0.39 is 6.10 Å². The third-order valence-electron chi connectivity index (χ3n) is 3.16. The van der Waals surface area contributed by atoms with Crippen molar-refractivity contribution < 1.29 is 9.84 Å². The highest BCUT2D eigenvalue weighted by Crippen LogP contribution is 2.31. The number of aliphatic hydroxyl groups is 1. The molecule has 0 radical (unpaired) electrons. The van der Waals surface area contributed by atoms with Gasteiger partial charge in [0, 0.05) is 6.42 Å². The van der Waals surface area contributed by atoms with Gasteiger partial charge < -0.3 is 9.84 Å². The Morgan fingerprint density at radius 3 is 3.18 bits per heavy atom. The number of imidazole rings is 1. The summed E-state index contributed by atoms with van der Waals surface area (Å²) in [7, 11) is 0. The van der Waals surface area contributed by atoms with Crippen molar-refractivity contribution in [3.63, 3.8) is 0 Å². The van der Waals surface area contributed by atoms with Crippen molar-refractivity contribution in [3.05, 3.63) is 18.9 Å². The van der Waals surface area contributed by atoms with Gasteiger partial charge in [-0.2, -0.15) is 0 Å². The number of hydrogen-bond acceptors (Lipinski definition) is 5. The van der Waals surface area contributed by atoms with Crippen LogP contribution in [-0.2, 0) is 4.74 Å². The van der Waals surface area contributed by atoms with Gasteiger partial charge in [0.15, 0.2) is 5.65 Å². The van der Waals surface area contributed by atoms with Crippen molar-refractivity contribution in [1.82, 2.24) is 19.5 Å². The fourth-order valence-electron chi connectivity index (χ4n) is 2.25. The van der Waals surface area contributed by atoms with E-state index in [-0.39, 0.29) is 12.3 Å². The summed E-state index contributed by atoms with van der Waals surface area (Å²) in [6.07, 6.45) is 5.53. The lowest BCUT2D eigenvalue weighted by atomic mass is 10.1. The molecule has 90 valence electrons. The van der Waals surface area contributed by atoms with Crippen LogP contribution in [0.2, 0.25) is 0 Å². The summed E-state index contributed by atoms with van der Waals surface area (Å²) in [6.45, 7) is 2.00. The maximum atomic E-state index is 9.84. The molecule has 0 aliphatic carbocycles. The number of aliphatic hydroxyl groups excluding tert-OH is 1. The zero-order valence-electron chi connectivity index (χ0n) is 9.52. The van der Waals surface area contributed by atoms with E-state index in [0.29, 0.717) is 6.42 Å². The fourth-order valence-corrected chi connectivity index (χ4v) is 2.25. The van der Waals surface area contributed by atoms with Crippen molar-refractivity contribution >= 4 is 11.2 Å². The number of fused-ring (bicyclic) bond motifs is 1. The van der Waals surface area contributed by atoms with E-state index in [2.05, 4.69) is 15.0 Å². The molecule has 3 rings (SSSR count). The van der Waals surface area contributed by atoms with Crippen LogP contribution in [0.3, 0.4) is 0 Å². The van der Waals surface area contributed by atoms with Gasteiger partial charge in [-0.05, 0) is 6.42 Å². The maximum absolute atomic E-state index is 9.84. The summed E-state index contributed by atoms with van der Waals surface area (Å²) in [4.78, 5) is 12.3. The third kappa shape index (κ3) is 1.69. The van der Waals surface area contributed by atoms with Gasteiger partial charge in [-0.1, -0.05) is 6.92 Å². The molecule has 0 bridgehead atoms. The van der Waals surface area contributed by atoms with Gasteiger partial charge in [-0.15, -0.1) is 0 Å². The summed E-state index contributed by atoms with van der Waals surface area (Å²) in [5.41, 5.74) is 1.49. The Hall–Kier alpha value is -1.53. The molecule has 0 unspecified atom stereocenters. The Bertz CT molecular complexity index is 527. The molecule has 3 heterocycles. The largest absolute Gasteiger partial charge is 0.390 e. The van der Waals surface area contributed by atoms with Gasteiger partial charge in [0.05, 0.1) is 24.7 Å². The van der Waals surface area contributed by atoms with Crippen LogP contribution in [0, 0.1) is 0 Å². The third-order valence-corrected chi connectivity index (χ3v) is 3.16. The minimum absolute atomic E-state index is 0.0979. The highest BCUT2D eigenvalue weighted by atomic mass is 16.5. The Morgan fingerprint density at radius 1 is 1.53 bits per heavy atom. The summed E-state index contributed by atoms with van der Waals surface area (Å²) in [6, 6.07) is 0. The van der Waals surface area contributed by atoms with Crippen LogP contribution in [0.15, 0.2) is 18.9 Å². The van der Waals surface area contributed by atoms with Crippen LogP contribution in [0.25, 0.3) is 11.2 Å². The molecular weight excluding hydrogens is 220 g/mol. The minimum Gasteiger partial charge on any atom is -0.390 e. The molecule has 1 aliphatic rings. The Labute approximate surface area is 98.3 Å². The van der Waals surface area contributed by atoms with Crippen LogP contribution >= 0.6 is 0 Å². The predicted molar refractivity (Wildman–Crippen MR) is 60.1 cm³/mol. The highest BCUT2D eigenvalue weighted by molar-refractivity contribution is 5.68. The van der Waals surface area contributed by atoms with Crippen molar-refractivity contribution in [2.75, 3.05) is 0 Å². The van der Waals surface area contributed by atoms with Crippen molar-refractivity contribution in [3.8, 4) is 0 Å². The van der Waals surface area contributed by atoms with Gasteiger partial charge in [0.1, 0.15) is 18.1 Å². The topological polar surface area (TPSA) is 73.1 Å². The molecule has 1 aliphatic heterocycles. The van der Waals surface area contributed by atoms with Crippen LogP contribution in [0.5, 0.6) is 0 Å². The van der Waals surface area contributed by atoms with Crippen LogP contribution in [-0.4, -0.2) is 36.8 Å². The van der Waals surface area contributed by atoms with Gasteiger partial charge in [0.2, 0.25) is 0 Å². The summed E-state index contributed by atoms with van der Waals surface area (Å²) in [5.74, 6) is 0. The molecule has 6 heteroatoms. The first-order chi connectivity index (χ1) is 8.29. The molecule has 1 N–H and O–H groups in total. The van der Waals surface area contributed by atoms with Gasteiger partial charge in [-0.3, -0.25) is 4.57 Å². The first-order valence-corrected chi connectivity index (χ1v) is 5.75. The Morgan fingerprint density at radius 2 is 2.41 bits per heavy atom.